The second kappa shape index (κ2) is 5.58. The van der Waals surface area contributed by atoms with Crippen LogP contribution in [0.4, 0.5) is 4.39 Å². The van der Waals surface area contributed by atoms with Gasteiger partial charge in [0, 0.05) is 36.5 Å². The lowest BCUT2D eigenvalue weighted by Gasteiger charge is -2.26. The summed E-state index contributed by atoms with van der Waals surface area (Å²) >= 11 is 1.48. The van der Waals surface area contributed by atoms with Crippen LogP contribution in [0.1, 0.15) is 0 Å². The predicted molar refractivity (Wildman–Crippen MR) is 82.9 cm³/mol. The zero-order chi connectivity index (χ0) is 14.9. The lowest BCUT2D eigenvalue weighted by molar-refractivity contribution is 0.293. The van der Waals surface area contributed by atoms with E-state index in [2.05, 4.69) is 20.6 Å². The highest BCUT2D eigenvalue weighted by molar-refractivity contribution is 7.13. The maximum atomic E-state index is 13.3. The summed E-state index contributed by atoms with van der Waals surface area (Å²) in [4.78, 5) is 4.54. The van der Waals surface area contributed by atoms with Gasteiger partial charge in [0.25, 0.3) is 0 Å². The Bertz CT molecular complexity index is 793. The summed E-state index contributed by atoms with van der Waals surface area (Å²) in [5, 5.41) is 14.3. The van der Waals surface area contributed by atoms with Gasteiger partial charge in [0.05, 0.1) is 6.20 Å². The summed E-state index contributed by atoms with van der Waals surface area (Å²) in [6.07, 6.45) is 1.92. The Kier molecular flexibility index (Phi) is 3.44. The van der Waals surface area contributed by atoms with E-state index < -0.39 is 0 Å². The first-order valence-corrected chi connectivity index (χ1v) is 7.98. The van der Waals surface area contributed by atoms with Gasteiger partial charge in [-0.2, -0.15) is 0 Å². The molecule has 1 saturated heterocycles. The maximum Gasteiger partial charge on any atom is 0.132 e. The monoisotopic (exact) mass is 315 g/mol. The minimum atomic E-state index is -0.255. The number of hydrogen-bond donors (Lipinski definition) is 1. The van der Waals surface area contributed by atoms with E-state index in [1.165, 1.54) is 23.5 Å². The second-order valence-corrected chi connectivity index (χ2v) is 6.26. The van der Waals surface area contributed by atoms with Gasteiger partial charge in [-0.1, -0.05) is 17.3 Å². The van der Waals surface area contributed by atoms with Gasteiger partial charge in [-0.3, -0.25) is 4.68 Å². The van der Waals surface area contributed by atoms with Crippen molar-refractivity contribution in [3.63, 3.8) is 0 Å². The van der Waals surface area contributed by atoms with Crippen LogP contribution < -0.4 is 5.32 Å². The number of aromatic nitrogens is 4. The van der Waals surface area contributed by atoms with E-state index in [0.29, 0.717) is 5.92 Å². The highest BCUT2D eigenvalue weighted by Crippen LogP contribution is 2.28. The first-order chi connectivity index (χ1) is 10.8. The molecule has 0 bridgehead atoms. The molecular formula is C15H14FN5S. The van der Waals surface area contributed by atoms with Gasteiger partial charge in [0.2, 0.25) is 0 Å². The molecule has 0 unspecified atom stereocenters. The molecule has 1 aromatic carbocycles. The van der Waals surface area contributed by atoms with Gasteiger partial charge in [-0.15, -0.1) is 16.4 Å². The molecule has 1 fully saturated rings. The molecule has 1 N–H and O–H groups in total. The molecule has 0 spiro atoms. The number of nitrogens with zero attached hydrogens (tertiary/aromatic N) is 4. The van der Waals surface area contributed by atoms with Crippen molar-refractivity contribution in [2.45, 2.75) is 6.54 Å². The van der Waals surface area contributed by atoms with E-state index in [0.717, 1.165) is 41.6 Å². The van der Waals surface area contributed by atoms with E-state index in [1.54, 1.807) is 6.07 Å². The van der Waals surface area contributed by atoms with Gasteiger partial charge >= 0.3 is 0 Å². The average Bonchev–Trinajstić information content (AvgIpc) is 3.12. The van der Waals surface area contributed by atoms with E-state index in [1.807, 2.05) is 22.3 Å². The highest BCUT2D eigenvalue weighted by Gasteiger charge is 2.18. The fourth-order valence-electron chi connectivity index (χ4n) is 2.39. The summed E-state index contributed by atoms with van der Waals surface area (Å²) in [6, 6.07) is 6.46. The van der Waals surface area contributed by atoms with Crippen LogP contribution in [-0.4, -0.2) is 33.1 Å². The van der Waals surface area contributed by atoms with E-state index >= 15 is 0 Å². The molecule has 0 radical (unpaired) electrons. The van der Waals surface area contributed by atoms with Crippen molar-refractivity contribution < 1.29 is 4.39 Å². The third kappa shape index (κ3) is 2.65. The fourth-order valence-corrected chi connectivity index (χ4v) is 3.20. The number of hydrogen-bond acceptors (Lipinski definition) is 5. The zero-order valence-electron chi connectivity index (χ0n) is 11.7. The molecule has 1 aliphatic rings. The lowest BCUT2D eigenvalue weighted by atomic mass is 10.0. The van der Waals surface area contributed by atoms with E-state index in [9.17, 15) is 4.39 Å². The Morgan fingerprint density at radius 1 is 1.32 bits per heavy atom. The molecule has 3 heterocycles. The number of thiazole rings is 1. The minimum Gasteiger partial charge on any atom is -0.316 e. The summed E-state index contributed by atoms with van der Waals surface area (Å²) in [5.41, 5.74) is 2.32. The van der Waals surface area contributed by atoms with Crippen LogP contribution in [0.5, 0.6) is 0 Å². The summed E-state index contributed by atoms with van der Waals surface area (Å²) in [6.45, 7) is 2.95. The number of halogens is 1. The van der Waals surface area contributed by atoms with Crippen molar-refractivity contribution in [1.29, 1.82) is 0 Å². The molecular weight excluding hydrogens is 301 g/mol. The highest BCUT2D eigenvalue weighted by atomic mass is 32.1. The molecule has 0 saturated carbocycles. The molecule has 0 amide bonds. The molecule has 1 aliphatic heterocycles. The molecule has 7 heteroatoms. The Hall–Kier alpha value is -2.12. The van der Waals surface area contributed by atoms with Gasteiger partial charge in [-0.25, -0.2) is 9.37 Å². The SMILES string of the molecule is Fc1cccc(-c2nc(-c3cn(CC4CNC4)nn3)cs2)c1. The van der Waals surface area contributed by atoms with Crippen LogP contribution in [0.2, 0.25) is 0 Å². The Morgan fingerprint density at radius 3 is 3.00 bits per heavy atom. The van der Waals surface area contributed by atoms with Crippen molar-refractivity contribution in [2.24, 2.45) is 5.92 Å². The number of rotatable bonds is 4. The third-order valence-corrected chi connectivity index (χ3v) is 4.58. The molecule has 0 aliphatic carbocycles. The minimum absolute atomic E-state index is 0.255. The number of benzene rings is 1. The van der Waals surface area contributed by atoms with Crippen molar-refractivity contribution in [3.05, 3.63) is 41.7 Å². The Morgan fingerprint density at radius 2 is 2.23 bits per heavy atom. The second-order valence-electron chi connectivity index (χ2n) is 5.40. The molecule has 2 aromatic heterocycles. The average molecular weight is 315 g/mol. The van der Waals surface area contributed by atoms with Crippen LogP contribution in [0.3, 0.4) is 0 Å². The third-order valence-electron chi connectivity index (χ3n) is 3.69. The van der Waals surface area contributed by atoms with Gasteiger partial charge < -0.3 is 5.32 Å². The predicted octanol–water partition coefficient (Wildman–Crippen LogP) is 2.43. The summed E-state index contributed by atoms with van der Waals surface area (Å²) < 4.78 is 15.2. The first-order valence-electron chi connectivity index (χ1n) is 7.10. The van der Waals surface area contributed by atoms with E-state index in [-0.39, 0.29) is 5.82 Å². The van der Waals surface area contributed by atoms with Crippen LogP contribution in [-0.2, 0) is 6.54 Å². The van der Waals surface area contributed by atoms with Gasteiger partial charge in [0.15, 0.2) is 0 Å². The number of nitrogens with one attached hydrogen (secondary N) is 1. The van der Waals surface area contributed by atoms with Crippen LogP contribution in [0.15, 0.2) is 35.8 Å². The normalized spacial score (nSPS) is 15.0. The van der Waals surface area contributed by atoms with Crippen LogP contribution >= 0.6 is 11.3 Å². The summed E-state index contributed by atoms with van der Waals surface area (Å²) in [5.74, 6) is 0.377. The molecule has 4 rings (SSSR count). The van der Waals surface area contributed by atoms with Crippen molar-refractivity contribution in [3.8, 4) is 22.0 Å². The topological polar surface area (TPSA) is 55.6 Å². The van der Waals surface area contributed by atoms with Gasteiger partial charge in [-0.05, 0) is 12.1 Å². The molecule has 112 valence electrons. The maximum absolute atomic E-state index is 13.3. The molecule has 22 heavy (non-hydrogen) atoms. The standard InChI is InChI=1S/C15H14FN5S/c16-12-3-1-2-11(4-12)15-18-14(9-22-15)13-8-21(20-19-13)7-10-5-17-6-10/h1-4,8-10,17H,5-7H2. The van der Waals surface area contributed by atoms with Gasteiger partial charge in [0.1, 0.15) is 22.2 Å². The quantitative estimate of drug-likeness (QED) is 0.803. The van der Waals surface area contributed by atoms with Crippen LogP contribution in [0, 0.1) is 11.7 Å². The van der Waals surface area contributed by atoms with Crippen LogP contribution in [0.25, 0.3) is 22.0 Å². The lowest BCUT2D eigenvalue weighted by Crippen LogP contribution is -2.44. The first kappa shape index (κ1) is 13.5. The zero-order valence-corrected chi connectivity index (χ0v) is 12.6. The molecule has 3 aromatic rings. The van der Waals surface area contributed by atoms with Crippen molar-refractivity contribution in [2.75, 3.05) is 13.1 Å². The molecule has 5 nitrogen and oxygen atoms in total. The Labute approximate surface area is 130 Å². The van der Waals surface area contributed by atoms with Crippen molar-refractivity contribution >= 4 is 11.3 Å². The largest absolute Gasteiger partial charge is 0.316 e. The summed E-state index contributed by atoms with van der Waals surface area (Å²) in [7, 11) is 0. The smallest absolute Gasteiger partial charge is 0.132 e. The van der Waals surface area contributed by atoms with E-state index in [4.69, 9.17) is 0 Å². The molecule has 0 atom stereocenters. The fraction of sp³-hybridized carbons (Fsp3) is 0.267. The van der Waals surface area contributed by atoms with Crippen molar-refractivity contribution in [1.82, 2.24) is 25.3 Å². The Balaban J connectivity index is 1.56.